The molecule has 2 heterocycles. The minimum Gasteiger partial charge on any atom is -0.481 e. The zero-order valence-corrected chi connectivity index (χ0v) is 7.42. The zero-order valence-electron chi connectivity index (χ0n) is 7.42. The van der Waals surface area contributed by atoms with Crippen LogP contribution in [0.25, 0.3) is 0 Å². The van der Waals surface area contributed by atoms with Gasteiger partial charge < -0.3 is 15.7 Å². The Morgan fingerprint density at radius 2 is 2.31 bits per heavy atom. The minimum atomic E-state index is -0.686. The molecule has 2 aliphatic rings. The first kappa shape index (κ1) is 8.72. The van der Waals surface area contributed by atoms with E-state index in [0.717, 1.165) is 19.6 Å². The van der Waals surface area contributed by atoms with Gasteiger partial charge in [-0.1, -0.05) is 11.6 Å². The van der Waals surface area contributed by atoms with Crippen molar-refractivity contribution in [1.82, 2.24) is 10.6 Å². The number of nitrogens with one attached hydrogen (secondary N) is 2. The van der Waals surface area contributed by atoms with Gasteiger partial charge in [0.2, 0.25) is 0 Å². The lowest BCUT2D eigenvalue weighted by Crippen LogP contribution is -2.33. The predicted octanol–water partition coefficient (Wildman–Crippen LogP) is -0.564. The Labute approximate surface area is 77.0 Å². The highest BCUT2D eigenvalue weighted by Crippen LogP contribution is 2.25. The molecule has 0 saturated carbocycles. The highest BCUT2D eigenvalue weighted by atomic mass is 16.4. The highest BCUT2D eigenvalue weighted by Gasteiger charge is 2.34. The fourth-order valence-corrected chi connectivity index (χ4v) is 2.10. The first-order valence-electron chi connectivity index (χ1n) is 4.62. The number of carboxylic acid groups (broad SMARTS) is 1. The van der Waals surface area contributed by atoms with E-state index >= 15 is 0 Å². The van der Waals surface area contributed by atoms with Crippen molar-refractivity contribution in [1.29, 1.82) is 0 Å². The molecule has 1 fully saturated rings. The molecule has 13 heavy (non-hydrogen) atoms. The molecule has 0 amide bonds. The maximum atomic E-state index is 11.0. The van der Waals surface area contributed by atoms with Crippen LogP contribution >= 0.6 is 0 Å². The summed E-state index contributed by atoms with van der Waals surface area (Å²) in [6, 6.07) is 0. The van der Waals surface area contributed by atoms with Crippen LogP contribution in [0.15, 0.2) is 11.6 Å². The van der Waals surface area contributed by atoms with Gasteiger partial charge in [-0.05, 0) is 0 Å². The lowest BCUT2D eigenvalue weighted by Gasteiger charge is -2.17. The van der Waals surface area contributed by atoms with E-state index in [4.69, 9.17) is 5.11 Å². The molecule has 4 nitrogen and oxygen atoms in total. The second kappa shape index (κ2) is 3.47. The molecule has 0 bridgehead atoms. The molecule has 0 spiro atoms. The van der Waals surface area contributed by atoms with Crippen LogP contribution in [0.5, 0.6) is 0 Å². The Morgan fingerprint density at radius 1 is 1.46 bits per heavy atom. The quantitative estimate of drug-likeness (QED) is 0.476. The van der Waals surface area contributed by atoms with E-state index in [1.807, 2.05) is 0 Å². The largest absolute Gasteiger partial charge is 0.481 e. The summed E-state index contributed by atoms with van der Waals surface area (Å²) < 4.78 is 0. The first-order valence-corrected chi connectivity index (χ1v) is 4.62. The van der Waals surface area contributed by atoms with Gasteiger partial charge in [0.15, 0.2) is 0 Å². The van der Waals surface area contributed by atoms with Gasteiger partial charge >= 0.3 is 5.97 Å². The summed E-state index contributed by atoms with van der Waals surface area (Å²) in [5.41, 5.74) is 1.26. The fraction of sp³-hybridized carbons (Fsp3) is 0.667. The molecule has 3 N–H and O–H groups in total. The van der Waals surface area contributed by atoms with Gasteiger partial charge in [0, 0.05) is 32.1 Å². The molecule has 2 rings (SSSR count). The van der Waals surface area contributed by atoms with Crippen LogP contribution < -0.4 is 10.6 Å². The van der Waals surface area contributed by atoms with Gasteiger partial charge in [-0.2, -0.15) is 0 Å². The molecule has 72 valence electrons. The predicted molar refractivity (Wildman–Crippen MR) is 48.4 cm³/mol. The van der Waals surface area contributed by atoms with Crippen LogP contribution in [0.1, 0.15) is 0 Å². The van der Waals surface area contributed by atoms with Gasteiger partial charge in [0.1, 0.15) is 0 Å². The van der Waals surface area contributed by atoms with Crippen molar-refractivity contribution >= 4 is 5.97 Å². The van der Waals surface area contributed by atoms with Gasteiger partial charge in [-0.15, -0.1) is 0 Å². The van der Waals surface area contributed by atoms with Crippen molar-refractivity contribution in [3.05, 3.63) is 11.6 Å². The summed E-state index contributed by atoms with van der Waals surface area (Å²) in [7, 11) is 0. The molecule has 2 atom stereocenters. The number of fused-ring (bicyclic) bond motifs is 1. The summed E-state index contributed by atoms with van der Waals surface area (Å²) in [4.78, 5) is 11.0. The van der Waals surface area contributed by atoms with E-state index < -0.39 is 5.97 Å². The number of hydrogen-bond acceptors (Lipinski definition) is 3. The second-order valence-electron chi connectivity index (χ2n) is 3.62. The fourth-order valence-electron chi connectivity index (χ4n) is 2.10. The zero-order chi connectivity index (χ0) is 9.26. The molecular weight excluding hydrogens is 168 g/mol. The highest BCUT2D eigenvalue weighted by molar-refractivity contribution is 5.71. The third-order valence-electron chi connectivity index (χ3n) is 2.85. The second-order valence-corrected chi connectivity index (χ2v) is 3.62. The Bertz CT molecular complexity index is 250. The minimum absolute atomic E-state index is 0.201. The summed E-state index contributed by atoms with van der Waals surface area (Å²) in [6.07, 6.45) is 2.12. The van der Waals surface area contributed by atoms with Crippen molar-refractivity contribution < 1.29 is 9.90 Å². The van der Waals surface area contributed by atoms with Crippen LogP contribution in [0.4, 0.5) is 0 Å². The summed E-state index contributed by atoms with van der Waals surface area (Å²) in [5, 5.41) is 15.4. The monoisotopic (exact) mass is 182 g/mol. The molecule has 1 saturated heterocycles. The van der Waals surface area contributed by atoms with Crippen LogP contribution in [-0.2, 0) is 4.79 Å². The Morgan fingerprint density at radius 3 is 3.08 bits per heavy atom. The van der Waals surface area contributed by atoms with Gasteiger partial charge in [-0.3, -0.25) is 4.79 Å². The van der Waals surface area contributed by atoms with E-state index in [2.05, 4.69) is 16.7 Å². The van der Waals surface area contributed by atoms with Crippen molar-refractivity contribution in [3.63, 3.8) is 0 Å². The van der Waals surface area contributed by atoms with Crippen molar-refractivity contribution in [2.45, 2.75) is 0 Å². The smallest absolute Gasteiger partial charge is 0.308 e. The number of aliphatic carboxylic acids is 1. The van der Waals surface area contributed by atoms with Gasteiger partial charge in [0.25, 0.3) is 0 Å². The third kappa shape index (κ3) is 1.59. The van der Waals surface area contributed by atoms with E-state index in [1.165, 1.54) is 5.57 Å². The Balaban J connectivity index is 2.19. The van der Waals surface area contributed by atoms with E-state index in [0.29, 0.717) is 6.54 Å². The lowest BCUT2D eigenvalue weighted by molar-refractivity contribution is -0.142. The molecule has 0 aliphatic carbocycles. The van der Waals surface area contributed by atoms with Crippen molar-refractivity contribution in [2.75, 3.05) is 26.2 Å². The van der Waals surface area contributed by atoms with Crippen molar-refractivity contribution in [2.24, 2.45) is 11.8 Å². The Hall–Kier alpha value is -0.870. The average Bonchev–Trinajstić information content (AvgIpc) is 2.44. The van der Waals surface area contributed by atoms with Gasteiger partial charge in [-0.25, -0.2) is 0 Å². The van der Waals surface area contributed by atoms with E-state index in [-0.39, 0.29) is 11.8 Å². The summed E-state index contributed by atoms with van der Waals surface area (Å²) in [6.45, 7) is 3.06. The average molecular weight is 182 g/mol. The lowest BCUT2D eigenvalue weighted by atomic mass is 9.88. The van der Waals surface area contributed by atoms with Crippen LogP contribution in [0.3, 0.4) is 0 Å². The summed E-state index contributed by atoms with van der Waals surface area (Å²) >= 11 is 0. The molecule has 0 radical (unpaired) electrons. The number of carbonyl (C=O) groups is 1. The van der Waals surface area contributed by atoms with Crippen LogP contribution in [-0.4, -0.2) is 37.3 Å². The molecule has 2 unspecified atom stereocenters. The number of carboxylic acids is 1. The van der Waals surface area contributed by atoms with Crippen LogP contribution in [0, 0.1) is 11.8 Å². The van der Waals surface area contributed by atoms with Crippen LogP contribution in [0.2, 0.25) is 0 Å². The SMILES string of the molecule is O=C(O)C1CNCC=C2CNCC21. The van der Waals surface area contributed by atoms with Crippen molar-refractivity contribution in [3.8, 4) is 0 Å². The maximum Gasteiger partial charge on any atom is 0.308 e. The topological polar surface area (TPSA) is 61.4 Å². The standard InChI is InChI=1S/C9H14N2O2/c12-9(13)8-5-10-2-1-6-3-11-4-7(6)8/h1,7-8,10-11H,2-5H2,(H,12,13). The molecule has 0 aromatic carbocycles. The molecular formula is C9H14N2O2. The normalized spacial score (nSPS) is 33.4. The Kier molecular flexibility index (Phi) is 2.33. The summed E-state index contributed by atoms with van der Waals surface area (Å²) in [5.74, 6) is -0.745. The van der Waals surface area contributed by atoms with E-state index in [9.17, 15) is 4.79 Å². The third-order valence-corrected chi connectivity index (χ3v) is 2.85. The molecule has 2 aliphatic heterocycles. The van der Waals surface area contributed by atoms with E-state index in [1.54, 1.807) is 0 Å². The maximum absolute atomic E-state index is 11.0. The number of hydrogen-bond donors (Lipinski definition) is 3. The molecule has 4 heteroatoms. The molecule has 0 aromatic rings. The number of rotatable bonds is 1. The van der Waals surface area contributed by atoms with Gasteiger partial charge in [0.05, 0.1) is 5.92 Å². The first-order chi connectivity index (χ1) is 6.29. The molecule has 0 aromatic heterocycles.